The molecular weight excluding hydrogens is 256 g/mol. The van der Waals surface area contributed by atoms with Crippen LogP contribution < -0.4 is 0 Å². The van der Waals surface area contributed by atoms with Crippen LogP contribution in [0.5, 0.6) is 5.75 Å². The smallest absolute Gasteiger partial charge is 0.335 e. The Morgan fingerprint density at radius 2 is 1.50 bits per heavy atom. The molecule has 2 N–H and O–H groups in total. The summed E-state index contributed by atoms with van der Waals surface area (Å²) in [5, 5.41) is 18.3. The molecule has 4 nitrogen and oxygen atoms in total. The molecule has 0 heterocycles. The van der Waals surface area contributed by atoms with Crippen LogP contribution >= 0.6 is 0 Å². The molecule has 0 aliphatic rings. The number of benzene rings is 2. The van der Waals surface area contributed by atoms with E-state index >= 15 is 0 Å². The maximum atomic E-state index is 11.9. The van der Waals surface area contributed by atoms with Crippen LogP contribution in [0.25, 0.3) is 6.08 Å². The lowest BCUT2D eigenvalue weighted by molar-refractivity contribution is 0.0696. The lowest BCUT2D eigenvalue weighted by atomic mass is 10.1. The number of hydrogen-bond acceptors (Lipinski definition) is 3. The van der Waals surface area contributed by atoms with Crippen molar-refractivity contribution in [2.24, 2.45) is 0 Å². The largest absolute Gasteiger partial charge is 0.507 e. The number of aromatic hydroxyl groups is 1. The zero-order valence-electron chi connectivity index (χ0n) is 10.5. The van der Waals surface area contributed by atoms with E-state index in [2.05, 4.69) is 0 Å². The normalized spacial score (nSPS) is 10.6. The molecule has 0 aromatic heterocycles. The molecule has 0 atom stereocenters. The average Bonchev–Trinajstić information content (AvgIpc) is 2.46. The average molecular weight is 268 g/mol. The first-order valence-electron chi connectivity index (χ1n) is 5.91. The quantitative estimate of drug-likeness (QED) is 0.660. The van der Waals surface area contributed by atoms with Crippen LogP contribution in [-0.4, -0.2) is 22.0 Å². The van der Waals surface area contributed by atoms with Gasteiger partial charge in [0.1, 0.15) is 5.75 Å². The molecule has 0 unspecified atom stereocenters. The Hall–Kier alpha value is -2.88. The summed E-state index contributed by atoms with van der Waals surface area (Å²) in [4.78, 5) is 22.6. The number of carboxylic acids is 1. The van der Waals surface area contributed by atoms with Gasteiger partial charge < -0.3 is 10.2 Å². The van der Waals surface area contributed by atoms with Gasteiger partial charge in [0, 0.05) is 11.1 Å². The van der Waals surface area contributed by atoms with Gasteiger partial charge in [-0.05, 0) is 30.4 Å². The number of para-hydroxylation sites is 1. The Labute approximate surface area is 115 Å². The second-order valence-corrected chi connectivity index (χ2v) is 4.14. The second-order valence-electron chi connectivity index (χ2n) is 4.14. The van der Waals surface area contributed by atoms with E-state index in [1.807, 2.05) is 0 Å². The maximum absolute atomic E-state index is 11.9. The molecule has 0 saturated heterocycles. The van der Waals surface area contributed by atoms with E-state index in [1.54, 1.807) is 18.2 Å². The third kappa shape index (κ3) is 3.11. The zero-order chi connectivity index (χ0) is 14.5. The van der Waals surface area contributed by atoms with Gasteiger partial charge in [0.25, 0.3) is 0 Å². The van der Waals surface area contributed by atoms with Crippen molar-refractivity contribution in [3.63, 3.8) is 0 Å². The van der Waals surface area contributed by atoms with E-state index in [9.17, 15) is 14.7 Å². The molecule has 2 aromatic rings. The number of phenols is 1. The van der Waals surface area contributed by atoms with Crippen LogP contribution in [0.3, 0.4) is 0 Å². The number of carbonyl (C=O) groups excluding carboxylic acids is 1. The minimum absolute atomic E-state index is 0.0952. The summed E-state index contributed by atoms with van der Waals surface area (Å²) in [6.07, 6.45) is 2.85. The van der Waals surface area contributed by atoms with Crippen molar-refractivity contribution >= 4 is 17.8 Å². The number of phenolic OH excluding ortho intramolecular Hbond substituents is 1. The lowest BCUT2D eigenvalue weighted by Gasteiger charge is -1.99. The number of carbonyl (C=O) groups is 2. The standard InChI is InChI=1S/C16H12O4/c17-14-4-2-1-3-11(14)9-10-15(18)12-5-7-13(8-6-12)16(19)20/h1-10,17H,(H,19,20). The second kappa shape index (κ2) is 5.84. The van der Waals surface area contributed by atoms with Gasteiger partial charge in [-0.1, -0.05) is 30.3 Å². The summed E-state index contributed by atoms with van der Waals surface area (Å²) in [5.41, 5.74) is 1.07. The van der Waals surface area contributed by atoms with E-state index in [-0.39, 0.29) is 17.1 Å². The van der Waals surface area contributed by atoms with E-state index in [4.69, 9.17) is 5.11 Å². The van der Waals surface area contributed by atoms with E-state index in [0.717, 1.165) is 0 Å². The molecule has 0 saturated carbocycles. The topological polar surface area (TPSA) is 74.6 Å². The molecule has 0 spiro atoms. The predicted molar refractivity (Wildman–Crippen MR) is 74.9 cm³/mol. The van der Waals surface area contributed by atoms with Crippen LogP contribution in [0.4, 0.5) is 0 Å². The van der Waals surface area contributed by atoms with E-state index < -0.39 is 5.97 Å². The number of rotatable bonds is 4. The number of carboxylic acid groups (broad SMARTS) is 1. The molecule has 0 radical (unpaired) electrons. The number of hydrogen-bond donors (Lipinski definition) is 2. The Kier molecular flexibility index (Phi) is 3.96. The van der Waals surface area contributed by atoms with Crippen LogP contribution in [0.2, 0.25) is 0 Å². The van der Waals surface area contributed by atoms with Gasteiger partial charge in [-0.3, -0.25) is 4.79 Å². The fourth-order valence-corrected chi connectivity index (χ4v) is 1.67. The van der Waals surface area contributed by atoms with Crippen LogP contribution in [-0.2, 0) is 0 Å². The van der Waals surface area contributed by atoms with Crippen molar-refractivity contribution in [1.82, 2.24) is 0 Å². The van der Waals surface area contributed by atoms with Gasteiger partial charge in [0.15, 0.2) is 5.78 Å². The maximum Gasteiger partial charge on any atom is 0.335 e. The fraction of sp³-hybridized carbons (Fsp3) is 0. The minimum atomic E-state index is -1.03. The van der Waals surface area contributed by atoms with Crippen molar-refractivity contribution in [3.8, 4) is 5.75 Å². The molecule has 0 fully saturated rings. The SMILES string of the molecule is O=C(O)c1ccc(C(=O)C=Cc2ccccc2O)cc1. The summed E-state index contributed by atoms with van der Waals surface area (Å²) < 4.78 is 0. The number of ketones is 1. The van der Waals surface area contributed by atoms with Gasteiger partial charge in [-0.2, -0.15) is 0 Å². The van der Waals surface area contributed by atoms with Gasteiger partial charge in [0.2, 0.25) is 0 Å². The molecule has 100 valence electrons. The summed E-state index contributed by atoms with van der Waals surface area (Å²) in [6.45, 7) is 0. The highest BCUT2D eigenvalue weighted by Gasteiger charge is 2.05. The van der Waals surface area contributed by atoms with Crippen molar-refractivity contribution in [2.45, 2.75) is 0 Å². The van der Waals surface area contributed by atoms with Crippen molar-refractivity contribution in [2.75, 3.05) is 0 Å². The summed E-state index contributed by atoms with van der Waals surface area (Å²) in [5.74, 6) is -1.20. The Morgan fingerprint density at radius 1 is 0.900 bits per heavy atom. The molecule has 20 heavy (non-hydrogen) atoms. The summed E-state index contributed by atoms with van der Waals surface area (Å²) in [6, 6.07) is 12.3. The first kappa shape index (κ1) is 13.5. The third-order valence-corrected chi connectivity index (χ3v) is 2.77. The monoisotopic (exact) mass is 268 g/mol. The Bertz CT molecular complexity index is 669. The molecule has 0 amide bonds. The summed E-state index contributed by atoms with van der Waals surface area (Å²) in [7, 11) is 0. The first-order valence-corrected chi connectivity index (χ1v) is 5.91. The first-order chi connectivity index (χ1) is 9.58. The van der Waals surface area contributed by atoms with Crippen molar-refractivity contribution < 1.29 is 19.8 Å². The molecule has 0 aliphatic heterocycles. The van der Waals surface area contributed by atoms with Crippen molar-refractivity contribution in [3.05, 3.63) is 71.3 Å². The molecule has 0 bridgehead atoms. The van der Waals surface area contributed by atoms with Gasteiger partial charge >= 0.3 is 5.97 Å². The van der Waals surface area contributed by atoms with Crippen LogP contribution in [0.1, 0.15) is 26.3 Å². The zero-order valence-corrected chi connectivity index (χ0v) is 10.5. The highest BCUT2D eigenvalue weighted by Crippen LogP contribution is 2.17. The van der Waals surface area contributed by atoms with Crippen molar-refractivity contribution in [1.29, 1.82) is 0 Å². The minimum Gasteiger partial charge on any atom is -0.507 e. The van der Waals surface area contributed by atoms with Gasteiger partial charge in [-0.25, -0.2) is 4.79 Å². The highest BCUT2D eigenvalue weighted by atomic mass is 16.4. The number of allylic oxidation sites excluding steroid dienone is 1. The lowest BCUT2D eigenvalue weighted by Crippen LogP contribution is -1.98. The Morgan fingerprint density at radius 3 is 2.10 bits per heavy atom. The van der Waals surface area contributed by atoms with Crippen LogP contribution in [0, 0.1) is 0 Å². The van der Waals surface area contributed by atoms with Gasteiger partial charge in [0.05, 0.1) is 5.56 Å². The molecule has 2 rings (SSSR count). The third-order valence-electron chi connectivity index (χ3n) is 2.77. The van der Waals surface area contributed by atoms with E-state index in [0.29, 0.717) is 11.1 Å². The molecule has 0 aliphatic carbocycles. The molecule has 2 aromatic carbocycles. The fourth-order valence-electron chi connectivity index (χ4n) is 1.67. The predicted octanol–water partition coefficient (Wildman–Crippen LogP) is 2.99. The highest BCUT2D eigenvalue weighted by molar-refractivity contribution is 6.07. The van der Waals surface area contributed by atoms with Crippen LogP contribution in [0.15, 0.2) is 54.6 Å². The Balaban J connectivity index is 2.16. The van der Waals surface area contributed by atoms with Gasteiger partial charge in [-0.15, -0.1) is 0 Å². The molecular formula is C16H12O4. The molecule has 4 heteroatoms. The number of aromatic carboxylic acids is 1. The van der Waals surface area contributed by atoms with E-state index in [1.165, 1.54) is 42.5 Å². The summed E-state index contributed by atoms with van der Waals surface area (Å²) >= 11 is 0.